The number of benzene rings is 1. The molecule has 34 heavy (non-hydrogen) atoms. The van der Waals surface area contributed by atoms with Gasteiger partial charge in [0.1, 0.15) is 11.9 Å². The maximum Gasteiger partial charge on any atom is 0.308 e. The van der Waals surface area contributed by atoms with Gasteiger partial charge in [0.25, 0.3) is 0 Å². The zero-order valence-electron chi connectivity index (χ0n) is 18.9. The summed E-state index contributed by atoms with van der Waals surface area (Å²) in [5.41, 5.74) is 1.29. The van der Waals surface area contributed by atoms with Crippen LogP contribution < -0.4 is 4.74 Å². The molecule has 1 aliphatic rings. The Morgan fingerprint density at radius 3 is 2.97 bits per heavy atom. The van der Waals surface area contributed by atoms with Gasteiger partial charge >= 0.3 is 5.97 Å². The van der Waals surface area contributed by atoms with Crippen LogP contribution in [-0.2, 0) is 4.79 Å². The SMILES string of the molecule is COc1ccc2nccc([C@@H](F)CC[C@@H]3CCN(CC#Cc4cccs4)C[C@@H]3C(=O)O)c2c1.Cl. The van der Waals surface area contributed by atoms with Crippen LogP contribution >= 0.6 is 23.7 Å². The van der Waals surface area contributed by atoms with Crippen molar-refractivity contribution in [2.75, 3.05) is 26.7 Å². The van der Waals surface area contributed by atoms with E-state index in [0.717, 1.165) is 28.7 Å². The van der Waals surface area contributed by atoms with Gasteiger partial charge in [-0.2, -0.15) is 0 Å². The lowest BCUT2D eigenvalue weighted by Crippen LogP contribution is -2.44. The van der Waals surface area contributed by atoms with E-state index in [9.17, 15) is 9.90 Å². The van der Waals surface area contributed by atoms with E-state index in [1.165, 1.54) is 0 Å². The average Bonchev–Trinajstić information content (AvgIpc) is 3.35. The highest BCUT2D eigenvalue weighted by Crippen LogP contribution is 2.35. The number of methoxy groups -OCH3 is 1. The summed E-state index contributed by atoms with van der Waals surface area (Å²) in [6, 6.07) is 11.1. The molecule has 3 heterocycles. The molecule has 5 nitrogen and oxygen atoms in total. The van der Waals surface area contributed by atoms with Gasteiger partial charge in [-0.05, 0) is 73.0 Å². The van der Waals surface area contributed by atoms with Gasteiger partial charge in [0.15, 0.2) is 0 Å². The first-order valence-corrected chi connectivity index (χ1v) is 12.0. The first-order valence-electron chi connectivity index (χ1n) is 11.1. The summed E-state index contributed by atoms with van der Waals surface area (Å²) in [7, 11) is 1.58. The molecule has 0 radical (unpaired) electrons. The quantitative estimate of drug-likeness (QED) is 0.426. The highest BCUT2D eigenvalue weighted by Gasteiger charge is 2.34. The van der Waals surface area contributed by atoms with E-state index in [1.807, 2.05) is 29.6 Å². The van der Waals surface area contributed by atoms with E-state index in [4.69, 9.17) is 4.74 Å². The molecule has 180 valence electrons. The van der Waals surface area contributed by atoms with E-state index in [2.05, 4.69) is 21.7 Å². The molecule has 3 atom stereocenters. The Kier molecular flexibility index (Phi) is 9.28. The maximum atomic E-state index is 15.3. The fourth-order valence-electron chi connectivity index (χ4n) is 4.49. The van der Waals surface area contributed by atoms with Gasteiger partial charge in [-0.15, -0.1) is 23.7 Å². The Morgan fingerprint density at radius 2 is 2.24 bits per heavy atom. The van der Waals surface area contributed by atoms with Crippen LogP contribution in [-0.4, -0.2) is 47.7 Å². The minimum absolute atomic E-state index is 0. The molecule has 0 saturated carbocycles. The Hall–Kier alpha value is -2.66. The van der Waals surface area contributed by atoms with Crippen LogP contribution in [0.1, 0.15) is 35.9 Å². The molecule has 1 aliphatic heterocycles. The van der Waals surface area contributed by atoms with E-state index >= 15 is 4.39 Å². The van der Waals surface area contributed by atoms with Crippen molar-refractivity contribution < 1.29 is 19.0 Å². The number of piperidine rings is 1. The largest absolute Gasteiger partial charge is 0.497 e. The number of halogens is 2. The molecule has 1 N–H and O–H groups in total. The summed E-state index contributed by atoms with van der Waals surface area (Å²) in [6.45, 7) is 1.77. The summed E-state index contributed by atoms with van der Waals surface area (Å²) in [5, 5.41) is 12.5. The van der Waals surface area contributed by atoms with E-state index in [0.29, 0.717) is 30.8 Å². The molecule has 0 unspecified atom stereocenters. The number of aromatic nitrogens is 1. The number of likely N-dealkylation sites (tertiary alicyclic amines) is 1. The molecule has 2 aromatic heterocycles. The van der Waals surface area contributed by atoms with Gasteiger partial charge in [0.2, 0.25) is 0 Å². The van der Waals surface area contributed by atoms with Gasteiger partial charge in [-0.25, -0.2) is 4.39 Å². The molecular formula is C26H28ClFN2O3S. The topological polar surface area (TPSA) is 62.7 Å². The fraction of sp³-hybridized carbons (Fsp3) is 0.385. The second-order valence-electron chi connectivity index (χ2n) is 8.34. The van der Waals surface area contributed by atoms with E-state index in [-0.39, 0.29) is 24.7 Å². The summed E-state index contributed by atoms with van der Waals surface area (Å²) < 4.78 is 20.6. The maximum absolute atomic E-state index is 15.3. The number of aliphatic carboxylic acids is 1. The monoisotopic (exact) mass is 502 g/mol. The number of carboxylic acid groups (broad SMARTS) is 1. The molecule has 4 rings (SSSR count). The summed E-state index contributed by atoms with van der Waals surface area (Å²) in [6.07, 6.45) is 1.97. The highest BCUT2D eigenvalue weighted by molar-refractivity contribution is 7.10. The third-order valence-corrected chi connectivity index (χ3v) is 7.09. The van der Waals surface area contributed by atoms with Crippen molar-refractivity contribution in [1.82, 2.24) is 9.88 Å². The second-order valence-corrected chi connectivity index (χ2v) is 9.28. The third-order valence-electron chi connectivity index (χ3n) is 6.30. The molecule has 1 fully saturated rings. The number of nitrogens with zero attached hydrogens (tertiary/aromatic N) is 2. The first-order chi connectivity index (χ1) is 16.0. The number of hydrogen-bond donors (Lipinski definition) is 1. The molecule has 0 aliphatic carbocycles. The summed E-state index contributed by atoms with van der Waals surface area (Å²) in [5.74, 6) is 5.55. The number of alkyl halides is 1. The fourth-order valence-corrected chi connectivity index (χ4v) is 5.08. The van der Waals surface area contributed by atoms with Gasteiger partial charge < -0.3 is 9.84 Å². The number of carbonyl (C=O) groups is 1. The zero-order chi connectivity index (χ0) is 23.2. The van der Waals surface area contributed by atoms with Crippen LogP contribution in [0.3, 0.4) is 0 Å². The molecule has 3 aromatic rings. The smallest absolute Gasteiger partial charge is 0.308 e. The molecule has 1 aromatic carbocycles. The summed E-state index contributed by atoms with van der Waals surface area (Å²) >= 11 is 1.59. The molecule has 1 saturated heterocycles. The van der Waals surface area contributed by atoms with Crippen LogP contribution in [0.5, 0.6) is 5.75 Å². The van der Waals surface area contributed by atoms with Crippen molar-refractivity contribution in [2.24, 2.45) is 11.8 Å². The average molecular weight is 503 g/mol. The van der Waals surface area contributed by atoms with Crippen LogP contribution in [0.2, 0.25) is 0 Å². The van der Waals surface area contributed by atoms with E-state index in [1.54, 1.807) is 36.8 Å². The Bertz CT molecular complexity index is 1160. The van der Waals surface area contributed by atoms with Gasteiger partial charge in [0, 0.05) is 18.1 Å². The van der Waals surface area contributed by atoms with Crippen LogP contribution in [0.25, 0.3) is 10.9 Å². The second kappa shape index (κ2) is 12.2. The molecule has 0 spiro atoms. The number of hydrogen-bond acceptors (Lipinski definition) is 5. The number of rotatable bonds is 7. The lowest BCUT2D eigenvalue weighted by atomic mass is 9.81. The van der Waals surface area contributed by atoms with Gasteiger partial charge in [0.05, 0.1) is 30.0 Å². The molecule has 0 bridgehead atoms. The molecule has 0 amide bonds. The number of ether oxygens (including phenoxy) is 1. The van der Waals surface area contributed by atoms with Gasteiger partial charge in [-0.1, -0.05) is 17.9 Å². The van der Waals surface area contributed by atoms with Crippen molar-refractivity contribution in [2.45, 2.75) is 25.4 Å². The highest BCUT2D eigenvalue weighted by atomic mass is 35.5. The number of fused-ring (bicyclic) bond motifs is 1. The van der Waals surface area contributed by atoms with E-state index < -0.39 is 18.1 Å². The van der Waals surface area contributed by atoms with Crippen LogP contribution in [0.15, 0.2) is 48.0 Å². The minimum atomic E-state index is -1.19. The summed E-state index contributed by atoms with van der Waals surface area (Å²) in [4.78, 5) is 19.4. The lowest BCUT2D eigenvalue weighted by Gasteiger charge is -2.35. The molecular weight excluding hydrogens is 475 g/mol. The van der Waals surface area contributed by atoms with Crippen molar-refractivity contribution in [3.8, 4) is 17.6 Å². The number of carboxylic acids is 1. The number of pyridine rings is 1. The number of thiophene rings is 1. The van der Waals surface area contributed by atoms with Crippen LogP contribution in [0, 0.1) is 23.7 Å². The van der Waals surface area contributed by atoms with Crippen molar-refractivity contribution in [3.05, 3.63) is 58.4 Å². The minimum Gasteiger partial charge on any atom is -0.497 e. The predicted molar refractivity (Wildman–Crippen MR) is 135 cm³/mol. The van der Waals surface area contributed by atoms with Gasteiger partial charge in [-0.3, -0.25) is 14.7 Å². The third kappa shape index (κ3) is 6.26. The zero-order valence-corrected chi connectivity index (χ0v) is 20.6. The Morgan fingerprint density at radius 1 is 1.38 bits per heavy atom. The van der Waals surface area contributed by atoms with Crippen LogP contribution in [0.4, 0.5) is 4.39 Å². The predicted octanol–water partition coefficient (Wildman–Crippen LogP) is 5.59. The Balaban J connectivity index is 0.00000324. The van der Waals surface area contributed by atoms with Crippen molar-refractivity contribution in [1.29, 1.82) is 0 Å². The van der Waals surface area contributed by atoms with Crippen molar-refractivity contribution >= 4 is 40.6 Å². The normalized spacial score (nSPS) is 19.0. The Labute approximate surface area is 209 Å². The lowest BCUT2D eigenvalue weighted by molar-refractivity contribution is -0.146. The van der Waals surface area contributed by atoms with Crippen molar-refractivity contribution in [3.63, 3.8) is 0 Å². The standard InChI is InChI=1S/C26H27FN2O3S.ClH/c1-32-19-7-9-25-22(16-19)21(10-12-28-25)24(27)8-6-18-11-14-29(17-23(18)26(30)31)13-2-4-20-5-3-15-33-20;/h3,5,7,9-10,12,15-16,18,23-24H,6,8,11,13-14,17H2,1H3,(H,30,31);1H/t18-,23+,24+;/m1./s1. The first kappa shape index (κ1) is 26.0. The molecule has 8 heteroatoms.